The molecule has 0 aliphatic rings. The lowest BCUT2D eigenvalue weighted by atomic mass is 10.1. The Morgan fingerprint density at radius 1 is 1.48 bits per heavy atom. The Balaban J connectivity index is 2.94. The summed E-state index contributed by atoms with van der Waals surface area (Å²) in [5.41, 5.74) is 0.648. The first-order valence-electron chi connectivity index (χ1n) is 6.70. The maximum absolute atomic E-state index is 12.3. The van der Waals surface area contributed by atoms with Crippen LogP contribution in [0, 0.1) is 0 Å². The summed E-state index contributed by atoms with van der Waals surface area (Å²) in [6.07, 6.45) is 0.0825. The van der Waals surface area contributed by atoms with Gasteiger partial charge < -0.3 is 4.74 Å². The largest absolute Gasteiger partial charge is 0.466 e. The fourth-order valence-corrected chi connectivity index (χ4v) is 2.69. The van der Waals surface area contributed by atoms with Crippen LogP contribution >= 0.6 is 15.9 Å². The molecule has 1 N–H and O–H groups in total. The van der Waals surface area contributed by atoms with Crippen molar-refractivity contribution in [3.63, 3.8) is 0 Å². The Labute approximate surface area is 136 Å². The molecule has 0 amide bonds. The zero-order valence-corrected chi connectivity index (χ0v) is 15.1. The molecule has 0 spiro atoms. The number of hydrogen-bond donors (Lipinski definition) is 1. The van der Waals surface area contributed by atoms with Gasteiger partial charge in [-0.3, -0.25) is 4.79 Å². The van der Waals surface area contributed by atoms with Gasteiger partial charge in [0.25, 0.3) is 0 Å². The van der Waals surface area contributed by atoms with Crippen molar-refractivity contribution < 1.29 is 13.7 Å². The molecule has 1 unspecified atom stereocenters. The van der Waals surface area contributed by atoms with E-state index in [4.69, 9.17) is 4.74 Å². The SMILES string of the molecule is CCOC(=O)CC(N[S@](=O)C(C)(C)C)c1cccc(Br)n1. The molecule has 0 fully saturated rings. The second-order valence-electron chi connectivity index (χ2n) is 5.45. The van der Waals surface area contributed by atoms with Crippen molar-refractivity contribution in [1.29, 1.82) is 0 Å². The first kappa shape index (κ1) is 18.3. The number of nitrogens with zero attached hydrogens (tertiary/aromatic N) is 1. The van der Waals surface area contributed by atoms with E-state index in [1.54, 1.807) is 19.1 Å². The van der Waals surface area contributed by atoms with Gasteiger partial charge in [0.15, 0.2) is 0 Å². The summed E-state index contributed by atoms with van der Waals surface area (Å²) in [6.45, 7) is 7.68. The molecule has 0 aliphatic carbocycles. The van der Waals surface area contributed by atoms with E-state index in [1.165, 1.54) is 0 Å². The van der Waals surface area contributed by atoms with Gasteiger partial charge in [0.1, 0.15) is 4.60 Å². The number of ether oxygens (including phenoxy) is 1. The lowest BCUT2D eigenvalue weighted by molar-refractivity contribution is -0.143. The highest BCUT2D eigenvalue weighted by atomic mass is 79.9. The summed E-state index contributed by atoms with van der Waals surface area (Å²) < 4.78 is 20.5. The molecule has 118 valence electrons. The minimum Gasteiger partial charge on any atom is -0.466 e. The normalized spacial score (nSPS) is 14.5. The van der Waals surface area contributed by atoms with Gasteiger partial charge in [-0.05, 0) is 55.8 Å². The molecule has 0 aliphatic heterocycles. The second kappa shape index (κ2) is 8.00. The maximum atomic E-state index is 12.3. The molecule has 1 aromatic heterocycles. The Morgan fingerprint density at radius 2 is 2.14 bits per heavy atom. The van der Waals surface area contributed by atoms with E-state index < -0.39 is 21.8 Å². The minimum absolute atomic E-state index is 0.0825. The van der Waals surface area contributed by atoms with Crippen LogP contribution in [0.2, 0.25) is 0 Å². The molecule has 1 heterocycles. The Morgan fingerprint density at radius 3 is 2.67 bits per heavy atom. The van der Waals surface area contributed by atoms with Crippen LogP contribution in [-0.2, 0) is 20.5 Å². The number of rotatable bonds is 6. The fourth-order valence-electron chi connectivity index (χ4n) is 1.52. The van der Waals surface area contributed by atoms with Gasteiger partial charge in [0.2, 0.25) is 0 Å². The molecule has 2 atom stereocenters. The average Bonchev–Trinajstić information content (AvgIpc) is 2.37. The van der Waals surface area contributed by atoms with Gasteiger partial charge in [0, 0.05) is 0 Å². The van der Waals surface area contributed by atoms with Gasteiger partial charge in [-0.15, -0.1) is 0 Å². The summed E-state index contributed by atoms with van der Waals surface area (Å²) >= 11 is 3.30. The summed E-state index contributed by atoms with van der Waals surface area (Å²) in [7, 11) is -1.31. The van der Waals surface area contributed by atoms with Gasteiger partial charge in [-0.2, -0.15) is 0 Å². The lowest BCUT2D eigenvalue weighted by Gasteiger charge is -2.23. The maximum Gasteiger partial charge on any atom is 0.307 e. The van der Waals surface area contributed by atoms with Crippen LogP contribution in [0.5, 0.6) is 0 Å². The van der Waals surface area contributed by atoms with Gasteiger partial charge >= 0.3 is 5.97 Å². The Kier molecular flexibility index (Phi) is 6.96. The van der Waals surface area contributed by atoms with E-state index in [-0.39, 0.29) is 12.4 Å². The summed E-state index contributed by atoms with van der Waals surface area (Å²) in [5, 5.41) is 0. The van der Waals surface area contributed by atoms with Crippen LogP contribution < -0.4 is 4.72 Å². The van der Waals surface area contributed by atoms with E-state index in [1.807, 2.05) is 26.8 Å². The molecule has 1 rings (SSSR count). The third kappa shape index (κ3) is 6.23. The molecule has 21 heavy (non-hydrogen) atoms. The van der Waals surface area contributed by atoms with Crippen LogP contribution in [0.15, 0.2) is 22.8 Å². The molecule has 7 heteroatoms. The first-order chi connectivity index (χ1) is 9.74. The first-order valence-corrected chi connectivity index (χ1v) is 8.64. The predicted molar refractivity (Wildman–Crippen MR) is 87.0 cm³/mol. The Bertz CT molecular complexity index is 517. The molecule has 0 saturated carbocycles. The third-order valence-electron chi connectivity index (χ3n) is 2.58. The summed E-state index contributed by atoms with van der Waals surface area (Å²) in [4.78, 5) is 16.1. The molecular weight excluding hydrogens is 356 g/mol. The molecular formula is C14H21BrN2O3S. The smallest absolute Gasteiger partial charge is 0.307 e. The topological polar surface area (TPSA) is 68.3 Å². The minimum atomic E-state index is -1.31. The molecule has 0 bridgehead atoms. The van der Waals surface area contributed by atoms with E-state index in [9.17, 15) is 9.00 Å². The standard InChI is InChI=1S/C14H21BrN2O3S/c1-5-20-13(18)9-11(17-21(19)14(2,3)4)10-7-6-8-12(15)16-10/h6-8,11,17H,5,9H2,1-4H3/t11?,21-/m1/s1. The molecule has 1 aromatic rings. The lowest BCUT2D eigenvalue weighted by Crippen LogP contribution is -2.37. The van der Waals surface area contributed by atoms with Gasteiger partial charge in [0.05, 0.1) is 40.5 Å². The zero-order chi connectivity index (χ0) is 16.0. The number of halogens is 1. The zero-order valence-electron chi connectivity index (χ0n) is 12.7. The monoisotopic (exact) mass is 376 g/mol. The number of carbonyl (C=O) groups excluding carboxylic acids is 1. The fraction of sp³-hybridized carbons (Fsp3) is 0.571. The quantitative estimate of drug-likeness (QED) is 0.612. The van der Waals surface area contributed by atoms with Crippen LogP contribution in [0.1, 0.15) is 45.9 Å². The van der Waals surface area contributed by atoms with Gasteiger partial charge in [-0.1, -0.05) is 6.07 Å². The van der Waals surface area contributed by atoms with Crippen molar-refractivity contribution in [3.05, 3.63) is 28.5 Å². The number of aromatic nitrogens is 1. The van der Waals surface area contributed by atoms with Crippen LogP contribution in [-0.4, -0.2) is 26.5 Å². The number of nitrogens with one attached hydrogen (secondary N) is 1. The van der Waals surface area contributed by atoms with E-state index in [0.717, 1.165) is 0 Å². The summed E-state index contributed by atoms with van der Waals surface area (Å²) in [6, 6.07) is 4.96. The van der Waals surface area contributed by atoms with Crippen molar-refractivity contribution in [2.45, 2.75) is 44.9 Å². The van der Waals surface area contributed by atoms with E-state index in [0.29, 0.717) is 16.9 Å². The Hall–Kier alpha value is -0.790. The van der Waals surface area contributed by atoms with Gasteiger partial charge in [-0.25, -0.2) is 13.9 Å². The van der Waals surface area contributed by atoms with Crippen molar-refractivity contribution in [3.8, 4) is 0 Å². The van der Waals surface area contributed by atoms with Crippen LogP contribution in [0.4, 0.5) is 0 Å². The molecule has 0 aromatic carbocycles. The summed E-state index contributed by atoms with van der Waals surface area (Å²) in [5.74, 6) is -0.345. The molecule has 0 saturated heterocycles. The highest BCUT2D eigenvalue weighted by molar-refractivity contribution is 9.10. The highest BCUT2D eigenvalue weighted by Crippen LogP contribution is 2.21. The third-order valence-corrected chi connectivity index (χ3v) is 4.63. The molecule has 5 nitrogen and oxygen atoms in total. The number of esters is 1. The van der Waals surface area contributed by atoms with Crippen molar-refractivity contribution in [2.75, 3.05) is 6.61 Å². The van der Waals surface area contributed by atoms with Crippen molar-refractivity contribution in [1.82, 2.24) is 9.71 Å². The number of pyridine rings is 1. The predicted octanol–water partition coefficient (Wildman–Crippen LogP) is 2.89. The van der Waals surface area contributed by atoms with Crippen molar-refractivity contribution in [2.24, 2.45) is 0 Å². The van der Waals surface area contributed by atoms with Crippen LogP contribution in [0.3, 0.4) is 0 Å². The van der Waals surface area contributed by atoms with Crippen molar-refractivity contribution >= 4 is 32.9 Å². The molecule has 0 radical (unpaired) electrons. The number of carbonyl (C=O) groups is 1. The van der Waals surface area contributed by atoms with E-state index >= 15 is 0 Å². The van der Waals surface area contributed by atoms with E-state index in [2.05, 4.69) is 25.6 Å². The number of hydrogen-bond acceptors (Lipinski definition) is 4. The van der Waals surface area contributed by atoms with Crippen LogP contribution in [0.25, 0.3) is 0 Å². The second-order valence-corrected chi connectivity index (χ2v) is 8.26. The average molecular weight is 377 g/mol. The highest BCUT2D eigenvalue weighted by Gasteiger charge is 2.26.